The van der Waals surface area contributed by atoms with Crippen LogP contribution in [0.3, 0.4) is 0 Å². The highest BCUT2D eigenvalue weighted by atomic mass is 32.2. The lowest BCUT2D eigenvalue weighted by Gasteiger charge is -2.07. The highest BCUT2D eigenvalue weighted by Crippen LogP contribution is 2.15. The molecule has 0 bridgehead atoms. The smallest absolute Gasteiger partial charge is 0.338 e. The molecule has 0 saturated carbocycles. The molecular formula is C19H18N4O3S. The van der Waals surface area contributed by atoms with Gasteiger partial charge in [0.15, 0.2) is 6.61 Å². The van der Waals surface area contributed by atoms with Gasteiger partial charge in [-0.2, -0.15) is 5.10 Å². The molecule has 27 heavy (non-hydrogen) atoms. The van der Waals surface area contributed by atoms with Crippen molar-refractivity contribution in [2.75, 3.05) is 18.9 Å². The van der Waals surface area contributed by atoms with E-state index < -0.39 is 5.97 Å². The summed E-state index contributed by atoms with van der Waals surface area (Å²) in [6, 6.07) is 16.6. The average molecular weight is 382 g/mol. The Balaban J connectivity index is 1.37. The van der Waals surface area contributed by atoms with Crippen molar-refractivity contribution >= 4 is 23.6 Å². The lowest BCUT2D eigenvalue weighted by atomic mass is 10.2. The molecule has 0 radical (unpaired) electrons. The number of carbonyl (C=O) groups excluding carboxylic acids is 2. The van der Waals surface area contributed by atoms with E-state index in [0.29, 0.717) is 12.1 Å². The molecule has 0 aliphatic heterocycles. The van der Waals surface area contributed by atoms with Crippen molar-refractivity contribution in [3.05, 3.63) is 72.8 Å². The second-order valence-electron chi connectivity index (χ2n) is 5.47. The Bertz CT molecular complexity index is 868. The fourth-order valence-electron chi connectivity index (χ4n) is 2.23. The number of rotatable bonds is 8. The second kappa shape index (κ2) is 9.54. The molecule has 8 heteroatoms. The normalized spacial score (nSPS) is 10.4. The molecule has 0 atom stereocenters. The van der Waals surface area contributed by atoms with E-state index in [0.717, 1.165) is 16.3 Å². The van der Waals surface area contributed by atoms with E-state index in [-0.39, 0.29) is 12.5 Å². The minimum absolute atomic E-state index is 0.306. The number of ether oxygens (including phenoxy) is 1. The number of carbonyl (C=O) groups is 2. The summed E-state index contributed by atoms with van der Waals surface area (Å²) >= 11 is 1.65. The van der Waals surface area contributed by atoms with Crippen LogP contribution in [-0.4, -0.2) is 45.5 Å². The Morgan fingerprint density at radius 2 is 1.85 bits per heavy atom. The van der Waals surface area contributed by atoms with Crippen LogP contribution in [0.2, 0.25) is 0 Å². The minimum Gasteiger partial charge on any atom is -0.452 e. The molecule has 3 aromatic rings. The number of nitrogens with zero attached hydrogens (tertiary/aromatic N) is 3. The van der Waals surface area contributed by atoms with Gasteiger partial charge in [0.2, 0.25) is 0 Å². The maximum atomic E-state index is 12.0. The van der Waals surface area contributed by atoms with E-state index in [1.54, 1.807) is 47.0 Å². The summed E-state index contributed by atoms with van der Waals surface area (Å²) in [5.41, 5.74) is 1.14. The van der Waals surface area contributed by atoms with Gasteiger partial charge < -0.3 is 10.1 Å². The van der Waals surface area contributed by atoms with Crippen LogP contribution in [0.15, 0.2) is 72.1 Å². The van der Waals surface area contributed by atoms with Gasteiger partial charge in [-0.05, 0) is 36.4 Å². The Kier molecular flexibility index (Phi) is 6.59. The molecule has 0 fully saturated rings. The molecule has 1 N–H and O–H groups in total. The van der Waals surface area contributed by atoms with Gasteiger partial charge >= 0.3 is 5.97 Å². The molecule has 0 aliphatic rings. The summed E-state index contributed by atoms with van der Waals surface area (Å²) in [6.07, 6.45) is 2.99. The zero-order valence-corrected chi connectivity index (χ0v) is 15.3. The van der Waals surface area contributed by atoms with E-state index >= 15 is 0 Å². The largest absolute Gasteiger partial charge is 0.452 e. The minimum atomic E-state index is -0.547. The highest BCUT2D eigenvalue weighted by Gasteiger charge is 2.10. The number of amides is 1. The molecule has 0 spiro atoms. The third-order valence-corrected chi connectivity index (χ3v) is 4.57. The first-order valence-corrected chi connectivity index (χ1v) is 9.28. The molecule has 3 rings (SSSR count). The molecular weight excluding hydrogens is 364 g/mol. The van der Waals surface area contributed by atoms with Crippen LogP contribution in [0.25, 0.3) is 5.69 Å². The monoisotopic (exact) mass is 382 g/mol. The number of hydrogen-bond acceptors (Lipinski definition) is 6. The highest BCUT2D eigenvalue weighted by molar-refractivity contribution is 7.99. The molecule has 1 aromatic heterocycles. The van der Waals surface area contributed by atoms with E-state index in [9.17, 15) is 9.59 Å². The first-order chi connectivity index (χ1) is 13.2. The molecule has 0 saturated heterocycles. The fourth-order valence-corrected chi connectivity index (χ4v) is 3.02. The van der Waals surface area contributed by atoms with E-state index in [2.05, 4.69) is 15.4 Å². The van der Waals surface area contributed by atoms with Crippen LogP contribution < -0.4 is 5.32 Å². The fraction of sp³-hybridized carbons (Fsp3) is 0.158. The van der Waals surface area contributed by atoms with Crippen LogP contribution >= 0.6 is 11.8 Å². The maximum Gasteiger partial charge on any atom is 0.338 e. The molecule has 1 heterocycles. The van der Waals surface area contributed by atoms with Crippen molar-refractivity contribution in [1.29, 1.82) is 0 Å². The molecule has 1 amide bonds. The molecule has 0 aliphatic carbocycles. The van der Waals surface area contributed by atoms with Crippen molar-refractivity contribution in [3.8, 4) is 5.69 Å². The van der Waals surface area contributed by atoms with Crippen LogP contribution in [-0.2, 0) is 9.53 Å². The van der Waals surface area contributed by atoms with Crippen molar-refractivity contribution in [2.24, 2.45) is 0 Å². The number of nitrogens with one attached hydrogen (secondary N) is 1. The van der Waals surface area contributed by atoms with Crippen LogP contribution in [0.5, 0.6) is 0 Å². The summed E-state index contributed by atoms with van der Waals surface area (Å²) in [7, 11) is 0. The van der Waals surface area contributed by atoms with Crippen LogP contribution in [0.4, 0.5) is 0 Å². The zero-order valence-electron chi connectivity index (χ0n) is 14.4. The number of benzene rings is 2. The topological polar surface area (TPSA) is 86.1 Å². The molecule has 138 valence electrons. The standard InChI is InChI=1S/C19H18N4O3S/c24-18(21-10-11-27-17-4-2-1-3-5-17)12-26-19(25)15-6-8-16(9-7-15)23-14-20-13-22-23/h1-9,13-14H,10-12H2,(H,21,24). The first-order valence-electron chi connectivity index (χ1n) is 8.29. The van der Waals surface area contributed by atoms with Crippen molar-refractivity contribution in [3.63, 3.8) is 0 Å². The number of esters is 1. The predicted molar refractivity (Wildman–Crippen MR) is 102 cm³/mol. The van der Waals surface area contributed by atoms with Crippen molar-refractivity contribution in [2.45, 2.75) is 4.90 Å². The summed E-state index contributed by atoms with van der Waals surface area (Å²) in [5, 5.41) is 6.74. The molecule has 2 aromatic carbocycles. The third-order valence-electron chi connectivity index (χ3n) is 3.56. The third kappa shape index (κ3) is 5.68. The van der Waals surface area contributed by atoms with E-state index in [1.165, 1.54) is 6.33 Å². The van der Waals surface area contributed by atoms with Gasteiger partial charge in [0.25, 0.3) is 5.91 Å². The second-order valence-corrected chi connectivity index (χ2v) is 6.64. The zero-order chi connectivity index (χ0) is 18.9. The van der Waals surface area contributed by atoms with Crippen molar-refractivity contribution < 1.29 is 14.3 Å². The van der Waals surface area contributed by atoms with Gasteiger partial charge in [0.05, 0.1) is 11.3 Å². The predicted octanol–water partition coefficient (Wildman–Crippen LogP) is 2.33. The van der Waals surface area contributed by atoms with Crippen LogP contribution in [0.1, 0.15) is 10.4 Å². The molecule has 7 nitrogen and oxygen atoms in total. The summed E-state index contributed by atoms with van der Waals surface area (Å²) in [6.45, 7) is 0.197. The molecule has 0 unspecified atom stereocenters. The van der Waals surface area contributed by atoms with E-state index in [4.69, 9.17) is 4.74 Å². The Morgan fingerprint density at radius 1 is 1.07 bits per heavy atom. The quantitative estimate of drug-likeness (QED) is 0.366. The lowest BCUT2D eigenvalue weighted by Crippen LogP contribution is -2.30. The number of aromatic nitrogens is 3. The summed E-state index contributed by atoms with van der Waals surface area (Å²) in [4.78, 5) is 28.8. The SMILES string of the molecule is O=C(COC(=O)c1ccc(-n2cncn2)cc1)NCCSc1ccccc1. The Morgan fingerprint density at radius 3 is 2.56 bits per heavy atom. The Hall–Kier alpha value is -3.13. The van der Waals surface area contributed by atoms with Gasteiger partial charge in [-0.3, -0.25) is 4.79 Å². The number of thioether (sulfide) groups is 1. The van der Waals surface area contributed by atoms with Gasteiger partial charge in [0, 0.05) is 17.2 Å². The average Bonchev–Trinajstić information content (AvgIpc) is 3.25. The summed E-state index contributed by atoms with van der Waals surface area (Å²) < 4.78 is 6.62. The number of hydrogen-bond donors (Lipinski definition) is 1. The van der Waals surface area contributed by atoms with Crippen LogP contribution in [0, 0.1) is 0 Å². The van der Waals surface area contributed by atoms with Gasteiger partial charge in [0.1, 0.15) is 12.7 Å². The van der Waals surface area contributed by atoms with E-state index in [1.807, 2.05) is 30.3 Å². The van der Waals surface area contributed by atoms with Gasteiger partial charge in [-0.25, -0.2) is 14.5 Å². The maximum absolute atomic E-state index is 12.0. The van der Waals surface area contributed by atoms with Crippen molar-refractivity contribution in [1.82, 2.24) is 20.1 Å². The van der Waals surface area contributed by atoms with Gasteiger partial charge in [-0.1, -0.05) is 18.2 Å². The first kappa shape index (κ1) is 18.7. The summed E-state index contributed by atoms with van der Waals surface area (Å²) in [5.74, 6) is -0.127. The van der Waals surface area contributed by atoms with Gasteiger partial charge in [-0.15, -0.1) is 11.8 Å². The lowest BCUT2D eigenvalue weighted by molar-refractivity contribution is -0.124. The Labute approximate surface area is 160 Å².